The van der Waals surface area contributed by atoms with E-state index >= 15 is 0 Å². The Kier molecular flexibility index (Phi) is 7.95. The van der Waals surface area contributed by atoms with Gasteiger partial charge in [-0.15, -0.1) is 5.10 Å². The summed E-state index contributed by atoms with van der Waals surface area (Å²) in [6.07, 6.45) is -4.47. The summed E-state index contributed by atoms with van der Waals surface area (Å²) in [6, 6.07) is 17.5. The van der Waals surface area contributed by atoms with Crippen LogP contribution < -0.4 is 15.4 Å². The van der Waals surface area contributed by atoms with Gasteiger partial charge in [-0.1, -0.05) is 35.9 Å². The second-order valence-corrected chi connectivity index (χ2v) is 8.12. The number of aromatic nitrogens is 3. The normalized spacial score (nSPS) is 11.3. The topological polar surface area (TPSA) is 90.3 Å². The average molecular weight is 532 g/mol. The molecule has 0 aliphatic heterocycles. The predicted octanol–water partition coefficient (Wildman–Crippen LogP) is 6.28. The lowest BCUT2D eigenvalue weighted by molar-refractivity contribution is -0.137. The highest BCUT2D eigenvalue weighted by Gasteiger charge is 2.30. The molecule has 2 amide bonds. The molecule has 0 fully saturated rings. The Morgan fingerprint density at radius 3 is 2.30 bits per heavy atom. The molecule has 1 heterocycles. The van der Waals surface area contributed by atoms with E-state index in [2.05, 4.69) is 20.7 Å². The van der Waals surface area contributed by atoms with Gasteiger partial charge >= 0.3 is 18.2 Å². The fraction of sp³-hybridized carbons (Fsp3) is 0.160. The van der Waals surface area contributed by atoms with Crippen LogP contribution in [-0.2, 0) is 10.9 Å². The molecule has 37 heavy (non-hydrogen) atoms. The van der Waals surface area contributed by atoms with Gasteiger partial charge in [-0.2, -0.15) is 18.2 Å². The van der Waals surface area contributed by atoms with Gasteiger partial charge in [-0.3, -0.25) is 0 Å². The van der Waals surface area contributed by atoms with Crippen molar-refractivity contribution in [1.29, 1.82) is 0 Å². The van der Waals surface area contributed by atoms with Crippen molar-refractivity contribution in [3.05, 3.63) is 83.4 Å². The molecule has 0 atom stereocenters. The Labute approximate surface area is 215 Å². The number of alkyl halides is 3. The van der Waals surface area contributed by atoms with Gasteiger partial charge in [-0.05, 0) is 48.5 Å². The second kappa shape index (κ2) is 11.3. The monoisotopic (exact) mass is 531 g/mol. The molecule has 0 saturated carbocycles. The zero-order chi connectivity index (χ0) is 26.4. The van der Waals surface area contributed by atoms with E-state index in [0.29, 0.717) is 34.3 Å². The highest BCUT2D eigenvalue weighted by atomic mass is 35.5. The Hall–Kier alpha value is -4.09. The summed E-state index contributed by atoms with van der Waals surface area (Å²) in [4.78, 5) is 16.8. The number of anilines is 2. The van der Waals surface area contributed by atoms with Gasteiger partial charge < -0.3 is 20.1 Å². The summed E-state index contributed by atoms with van der Waals surface area (Å²) in [5.74, 6) is 0.252. The van der Waals surface area contributed by atoms with Crippen molar-refractivity contribution in [2.75, 3.05) is 31.0 Å². The van der Waals surface area contributed by atoms with Crippen LogP contribution in [0.1, 0.15) is 5.56 Å². The molecular weight excluding hydrogens is 511 g/mol. The largest absolute Gasteiger partial charge is 0.460 e. The number of benzene rings is 3. The first-order valence-electron chi connectivity index (χ1n) is 10.9. The van der Waals surface area contributed by atoms with Crippen LogP contribution >= 0.6 is 11.6 Å². The van der Waals surface area contributed by atoms with Crippen molar-refractivity contribution in [3.63, 3.8) is 0 Å². The molecule has 0 aliphatic rings. The highest BCUT2D eigenvalue weighted by Crippen LogP contribution is 2.32. The Morgan fingerprint density at radius 1 is 0.973 bits per heavy atom. The first-order chi connectivity index (χ1) is 17.7. The molecule has 0 spiro atoms. The average Bonchev–Trinajstić information content (AvgIpc) is 3.28. The smallest absolute Gasteiger partial charge is 0.416 e. The molecule has 0 saturated heterocycles. The lowest BCUT2D eigenvalue weighted by Gasteiger charge is -2.11. The lowest BCUT2D eigenvalue weighted by atomic mass is 10.1. The van der Waals surface area contributed by atoms with Crippen LogP contribution in [0, 0.1) is 0 Å². The fourth-order valence-corrected chi connectivity index (χ4v) is 3.51. The number of amides is 2. The summed E-state index contributed by atoms with van der Waals surface area (Å²) in [5.41, 5.74) is 1.05. The minimum atomic E-state index is -4.47. The van der Waals surface area contributed by atoms with Gasteiger partial charge in [0.1, 0.15) is 6.61 Å². The van der Waals surface area contributed by atoms with Crippen molar-refractivity contribution in [1.82, 2.24) is 14.8 Å². The maximum atomic E-state index is 13.0. The molecule has 3 aromatic carbocycles. The summed E-state index contributed by atoms with van der Waals surface area (Å²) >= 11 is 5.96. The van der Waals surface area contributed by atoms with E-state index in [1.807, 2.05) is 0 Å². The van der Waals surface area contributed by atoms with E-state index in [0.717, 1.165) is 12.1 Å². The van der Waals surface area contributed by atoms with Crippen LogP contribution in [0.15, 0.2) is 72.8 Å². The standard InChI is InChI=1S/C25H21ClF3N5O3/c1-36-12-13-37-24-32-22(16-8-10-17(11-9-16)25(27,28)29)34(33-24)21-7-3-6-20(15-21)31-23(35)30-19-5-2-4-18(26)14-19/h2-11,14-15H,12-13H2,1H3,(H2,30,31,35). The number of nitrogens with zero attached hydrogens (tertiary/aromatic N) is 3. The molecule has 0 unspecified atom stereocenters. The number of nitrogens with one attached hydrogen (secondary N) is 2. The maximum absolute atomic E-state index is 13.0. The van der Waals surface area contributed by atoms with E-state index in [9.17, 15) is 18.0 Å². The summed E-state index contributed by atoms with van der Waals surface area (Å²) in [5, 5.41) is 10.2. The van der Waals surface area contributed by atoms with Crippen molar-refractivity contribution in [2.45, 2.75) is 6.18 Å². The molecular formula is C25H21ClF3N5O3. The fourth-order valence-electron chi connectivity index (χ4n) is 3.32. The summed E-state index contributed by atoms with van der Waals surface area (Å²) in [7, 11) is 1.52. The third-order valence-electron chi connectivity index (χ3n) is 5.01. The number of carbonyl (C=O) groups excluding carboxylic acids is 1. The van der Waals surface area contributed by atoms with E-state index in [-0.39, 0.29) is 18.4 Å². The molecule has 4 rings (SSSR count). The number of hydrogen-bond donors (Lipinski definition) is 2. The van der Waals surface area contributed by atoms with Gasteiger partial charge in [0, 0.05) is 29.1 Å². The van der Waals surface area contributed by atoms with E-state index in [4.69, 9.17) is 21.1 Å². The van der Waals surface area contributed by atoms with Crippen LogP contribution in [0.4, 0.5) is 29.3 Å². The first-order valence-corrected chi connectivity index (χ1v) is 11.3. The van der Waals surface area contributed by atoms with Crippen LogP contribution in [0.2, 0.25) is 5.02 Å². The molecule has 0 aliphatic carbocycles. The van der Waals surface area contributed by atoms with Crippen LogP contribution in [-0.4, -0.2) is 41.1 Å². The van der Waals surface area contributed by atoms with Gasteiger partial charge in [0.15, 0.2) is 5.82 Å². The van der Waals surface area contributed by atoms with Gasteiger partial charge in [0.25, 0.3) is 0 Å². The number of carbonyl (C=O) groups is 1. The third kappa shape index (κ3) is 6.78. The Morgan fingerprint density at radius 2 is 1.65 bits per heavy atom. The Balaban J connectivity index is 1.62. The number of urea groups is 1. The molecule has 0 bridgehead atoms. The molecule has 192 valence electrons. The summed E-state index contributed by atoms with van der Waals surface area (Å²) < 4.78 is 51.0. The first kappa shape index (κ1) is 26.0. The van der Waals surface area contributed by atoms with Crippen molar-refractivity contribution < 1.29 is 27.4 Å². The third-order valence-corrected chi connectivity index (χ3v) is 5.24. The quantitative estimate of drug-likeness (QED) is 0.261. The Bertz CT molecular complexity index is 1380. The van der Waals surface area contributed by atoms with Crippen LogP contribution in [0.5, 0.6) is 6.01 Å². The lowest BCUT2D eigenvalue weighted by Crippen LogP contribution is -2.19. The number of halogens is 4. The van der Waals surface area contributed by atoms with Gasteiger partial charge in [-0.25, -0.2) is 9.48 Å². The zero-order valence-corrected chi connectivity index (χ0v) is 20.2. The molecule has 8 nitrogen and oxygen atoms in total. The molecule has 0 radical (unpaired) electrons. The molecule has 12 heteroatoms. The minimum absolute atomic E-state index is 0.0176. The summed E-state index contributed by atoms with van der Waals surface area (Å²) in [6.45, 7) is 0.476. The number of ether oxygens (including phenoxy) is 2. The minimum Gasteiger partial charge on any atom is -0.460 e. The number of hydrogen-bond acceptors (Lipinski definition) is 5. The molecule has 1 aromatic heterocycles. The van der Waals surface area contributed by atoms with Crippen LogP contribution in [0.25, 0.3) is 17.1 Å². The van der Waals surface area contributed by atoms with Crippen molar-refractivity contribution in [3.8, 4) is 23.1 Å². The van der Waals surface area contributed by atoms with E-state index in [1.165, 1.54) is 23.9 Å². The molecule has 2 N–H and O–H groups in total. The van der Waals surface area contributed by atoms with E-state index < -0.39 is 17.8 Å². The second-order valence-electron chi connectivity index (χ2n) is 7.69. The van der Waals surface area contributed by atoms with E-state index in [1.54, 1.807) is 48.5 Å². The van der Waals surface area contributed by atoms with Gasteiger partial charge in [0.05, 0.1) is 17.9 Å². The van der Waals surface area contributed by atoms with Crippen LogP contribution in [0.3, 0.4) is 0 Å². The predicted molar refractivity (Wildman–Crippen MR) is 133 cm³/mol. The van der Waals surface area contributed by atoms with Gasteiger partial charge in [0.2, 0.25) is 0 Å². The number of methoxy groups -OCH3 is 1. The highest BCUT2D eigenvalue weighted by molar-refractivity contribution is 6.30. The maximum Gasteiger partial charge on any atom is 0.416 e. The van der Waals surface area contributed by atoms with Crippen molar-refractivity contribution in [2.24, 2.45) is 0 Å². The SMILES string of the molecule is COCCOc1nc(-c2ccc(C(F)(F)F)cc2)n(-c2cccc(NC(=O)Nc3cccc(Cl)c3)c2)n1. The number of rotatable bonds is 8. The van der Waals surface area contributed by atoms with Crippen molar-refractivity contribution >= 4 is 29.0 Å². The zero-order valence-electron chi connectivity index (χ0n) is 19.4. The molecule has 4 aromatic rings.